The predicted molar refractivity (Wildman–Crippen MR) is 62.9 cm³/mol. The molecule has 1 atom stereocenters. The van der Waals surface area contributed by atoms with E-state index in [1.54, 1.807) is 6.92 Å². The molecule has 2 rings (SSSR count). The number of nitrogens with one attached hydrogen (secondary N) is 1. The maximum absolute atomic E-state index is 13.5. The molecule has 0 aliphatic carbocycles. The zero-order valence-electron chi connectivity index (χ0n) is 9.67. The maximum atomic E-state index is 13.5. The van der Waals surface area contributed by atoms with Crippen LogP contribution >= 0.6 is 11.6 Å². The largest absolute Gasteiger partial charge is 0.406 e. The average molecular weight is 274 g/mol. The summed E-state index contributed by atoms with van der Waals surface area (Å²) in [6.07, 6.45) is 0. The number of anilines is 2. The van der Waals surface area contributed by atoms with Crippen molar-refractivity contribution in [1.29, 1.82) is 0 Å². The predicted octanol–water partition coefficient (Wildman–Crippen LogP) is 3.70. The lowest BCUT2D eigenvalue weighted by atomic mass is 10.2. The van der Waals surface area contributed by atoms with Gasteiger partial charge >= 0.3 is 6.01 Å². The highest BCUT2D eigenvalue weighted by molar-refractivity contribution is 6.20. The van der Waals surface area contributed by atoms with Gasteiger partial charge in [0.1, 0.15) is 17.0 Å². The van der Waals surface area contributed by atoms with Crippen molar-refractivity contribution >= 4 is 23.3 Å². The van der Waals surface area contributed by atoms with Gasteiger partial charge in [-0.15, -0.1) is 16.7 Å². The van der Waals surface area contributed by atoms with Crippen molar-refractivity contribution < 1.29 is 13.2 Å². The van der Waals surface area contributed by atoms with Crippen molar-refractivity contribution in [3.05, 3.63) is 35.2 Å². The van der Waals surface area contributed by atoms with E-state index in [1.165, 1.54) is 6.92 Å². The summed E-state index contributed by atoms with van der Waals surface area (Å²) < 4.78 is 32.0. The van der Waals surface area contributed by atoms with Gasteiger partial charge < -0.3 is 9.73 Å². The molecule has 2 aromatic rings. The Labute approximate surface area is 107 Å². The fourth-order valence-electron chi connectivity index (χ4n) is 1.30. The van der Waals surface area contributed by atoms with Gasteiger partial charge in [0.05, 0.1) is 5.69 Å². The molecule has 0 spiro atoms. The van der Waals surface area contributed by atoms with E-state index >= 15 is 0 Å². The summed E-state index contributed by atoms with van der Waals surface area (Å²) in [4.78, 5) is 0. The lowest BCUT2D eigenvalue weighted by molar-refractivity contribution is 0.508. The number of rotatable bonds is 3. The van der Waals surface area contributed by atoms with Crippen molar-refractivity contribution in [3.8, 4) is 0 Å². The van der Waals surface area contributed by atoms with E-state index in [0.29, 0.717) is 0 Å². The first kappa shape index (κ1) is 12.8. The average Bonchev–Trinajstić information content (AvgIpc) is 2.74. The van der Waals surface area contributed by atoms with Crippen LogP contribution in [0.4, 0.5) is 20.5 Å². The van der Waals surface area contributed by atoms with E-state index in [2.05, 4.69) is 15.5 Å². The van der Waals surface area contributed by atoms with Crippen LogP contribution in [0, 0.1) is 18.6 Å². The fourth-order valence-corrected chi connectivity index (χ4v) is 1.39. The van der Waals surface area contributed by atoms with Crippen molar-refractivity contribution in [1.82, 2.24) is 10.2 Å². The molecule has 0 fully saturated rings. The minimum Gasteiger partial charge on any atom is -0.406 e. The topological polar surface area (TPSA) is 51.0 Å². The van der Waals surface area contributed by atoms with Crippen molar-refractivity contribution in [3.63, 3.8) is 0 Å². The molecule has 1 aromatic heterocycles. The lowest BCUT2D eigenvalue weighted by Crippen LogP contribution is -1.96. The van der Waals surface area contributed by atoms with Crippen LogP contribution in [0.15, 0.2) is 16.5 Å². The molecule has 0 aliphatic heterocycles. The monoisotopic (exact) mass is 273 g/mol. The second-order valence-electron chi connectivity index (χ2n) is 3.77. The van der Waals surface area contributed by atoms with Crippen molar-refractivity contribution in [2.75, 3.05) is 5.32 Å². The highest BCUT2D eigenvalue weighted by Crippen LogP contribution is 2.24. The number of alkyl halides is 1. The first-order chi connectivity index (χ1) is 8.47. The Morgan fingerprint density at radius 3 is 2.61 bits per heavy atom. The van der Waals surface area contributed by atoms with E-state index in [4.69, 9.17) is 16.0 Å². The van der Waals surface area contributed by atoms with Crippen LogP contribution in [0.3, 0.4) is 0 Å². The van der Waals surface area contributed by atoms with Gasteiger partial charge in [0.2, 0.25) is 5.89 Å². The smallest absolute Gasteiger partial charge is 0.320 e. The number of hydrogen-bond donors (Lipinski definition) is 1. The molecule has 0 bridgehead atoms. The minimum atomic E-state index is -0.604. The van der Waals surface area contributed by atoms with E-state index in [1.807, 2.05) is 0 Å². The molecule has 4 nitrogen and oxygen atoms in total. The zero-order chi connectivity index (χ0) is 13.3. The number of nitrogens with zero attached hydrogens (tertiary/aromatic N) is 2. The second-order valence-corrected chi connectivity index (χ2v) is 4.42. The van der Waals surface area contributed by atoms with Gasteiger partial charge in [-0.2, -0.15) is 0 Å². The molecule has 0 aliphatic rings. The molecule has 0 saturated heterocycles. The number of hydrogen-bond acceptors (Lipinski definition) is 4. The van der Waals surface area contributed by atoms with Crippen molar-refractivity contribution in [2.24, 2.45) is 0 Å². The number of halogens is 3. The van der Waals surface area contributed by atoms with Gasteiger partial charge in [-0.25, -0.2) is 8.78 Å². The van der Waals surface area contributed by atoms with Crippen molar-refractivity contribution in [2.45, 2.75) is 19.2 Å². The van der Waals surface area contributed by atoms with E-state index < -0.39 is 17.0 Å². The Balaban J connectivity index is 2.25. The lowest BCUT2D eigenvalue weighted by Gasteiger charge is -2.05. The SMILES string of the molecule is Cc1cc(F)c(Nc2nnc(C(C)Cl)o2)cc1F. The van der Waals surface area contributed by atoms with Gasteiger partial charge in [-0.05, 0) is 25.5 Å². The third kappa shape index (κ3) is 2.59. The molecule has 7 heteroatoms. The highest BCUT2D eigenvalue weighted by Gasteiger charge is 2.13. The number of aryl methyl sites for hydroxylation is 1. The molecule has 1 N–H and O–H groups in total. The first-order valence-corrected chi connectivity index (χ1v) is 5.61. The third-order valence-electron chi connectivity index (χ3n) is 2.27. The van der Waals surface area contributed by atoms with E-state index in [-0.39, 0.29) is 23.2 Å². The second kappa shape index (κ2) is 4.89. The Hall–Kier alpha value is -1.69. The van der Waals surface area contributed by atoms with Gasteiger partial charge in [-0.3, -0.25) is 0 Å². The number of benzene rings is 1. The summed E-state index contributed by atoms with van der Waals surface area (Å²) in [7, 11) is 0. The van der Waals surface area contributed by atoms with Crippen LogP contribution in [-0.2, 0) is 0 Å². The summed E-state index contributed by atoms with van der Waals surface area (Å²) in [5, 5.41) is 9.33. The van der Waals surface area contributed by atoms with Crippen LogP contribution in [0.1, 0.15) is 23.8 Å². The highest BCUT2D eigenvalue weighted by atomic mass is 35.5. The maximum Gasteiger partial charge on any atom is 0.320 e. The summed E-state index contributed by atoms with van der Waals surface area (Å²) in [6.45, 7) is 3.13. The molecule has 1 heterocycles. The van der Waals surface area contributed by atoms with Crippen LogP contribution < -0.4 is 5.32 Å². The molecule has 96 valence electrons. The molecule has 18 heavy (non-hydrogen) atoms. The van der Waals surface area contributed by atoms with E-state index in [0.717, 1.165) is 12.1 Å². The molecular formula is C11H10ClF2N3O. The van der Waals surface area contributed by atoms with Crippen LogP contribution in [-0.4, -0.2) is 10.2 Å². The molecule has 1 aromatic carbocycles. The molecule has 0 amide bonds. The van der Waals surface area contributed by atoms with Crippen LogP contribution in [0.5, 0.6) is 0 Å². The molecule has 1 unspecified atom stereocenters. The molecule has 0 saturated carbocycles. The summed E-state index contributed by atoms with van der Waals surface area (Å²) in [6, 6.07) is 2.07. The Bertz CT molecular complexity index is 571. The minimum absolute atomic E-state index is 0.0420. The van der Waals surface area contributed by atoms with Gasteiger partial charge in [-0.1, -0.05) is 5.10 Å². The third-order valence-corrected chi connectivity index (χ3v) is 2.46. The standard InChI is InChI=1S/C11H10ClF2N3O/c1-5-3-8(14)9(4-7(5)13)15-11-17-16-10(18-11)6(2)12/h3-4,6H,1-2H3,(H,15,17). The van der Waals surface area contributed by atoms with Gasteiger partial charge in [0.15, 0.2) is 0 Å². The fraction of sp³-hybridized carbons (Fsp3) is 0.273. The number of aromatic nitrogens is 2. The van der Waals surface area contributed by atoms with Gasteiger partial charge in [0, 0.05) is 6.07 Å². The molecule has 0 radical (unpaired) electrons. The first-order valence-electron chi connectivity index (χ1n) is 5.17. The normalized spacial score (nSPS) is 12.5. The van der Waals surface area contributed by atoms with Crippen LogP contribution in [0.2, 0.25) is 0 Å². The Morgan fingerprint density at radius 1 is 1.28 bits per heavy atom. The quantitative estimate of drug-likeness (QED) is 0.867. The summed E-state index contributed by atoms with van der Waals surface area (Å²) in [5.41, 5.74) is 0.147. The Morgan fingerprint density at radius 2 is 2.00 bits per heavy atom. The zero-order valence-corrected chi connectivity index (χ0v) is 10.4. The Kier molecular flexibility index (Phi) is 3.47. The van der Waals surface area contributed by atoms with Crippen LogP contribution in [0.25, 0.3) is 0 Å². The molecular weight excluding hydrogens is 264 g/mol. The summed E-state index contributed by atoms with van der Waals surface area (Å²) in [5.74, 6) is -0.927. The summed E-state index contributed by atoms with van der Waals surface area (Å²) >= 11 is 5.74. The van der Waals surface area contributed by atoms with E-state index in [9.17, 15) is 8.78 Å². The van der Waals surface area contributed by atoms with Gasteiger partial charge in [0.25, 0.3) is 0 Å².